The molecule has 0 radical (unpaired) electrons. The van der Waals surface area contributed by atoms with Gasteiger partial charge in [0.05, 0.1) is 0 Å². The summed E-state index contributed by atoms with van der Waals surface area (Å²) in [6, 6.07) is 9.32. The number of rotatable bonds is 6. The second-order valence-electron chi connectivity index (χ2n) is 6.20. The van der Waals surface area contributed by atoms with Gasteiger partial charge in [-0.2, -0.15) is 0 Å². The van der Waals surface area contributed by atoms with E-state index in [0.717, 1.165) is 46.8 Å². The molecule has 3 N–H and O–H groups in total. The van der Waals surface area contributed by atoms with Crippen molar-refractivity contribution in [1.82, 2.24) is 20.3 Å². The highest BCUT2D eigenvalue weighted by molar-refractivity contribution is 5.81. The van der Waals surface area contributed by atoms with Crippen molar-refractivity contribution in [2.75, 3.05) is 18.5 Å². The smallest absolute Gasteiger partial charge is 0.231 e. The predicted molar refractivity (Wildman–Crippen MR) is 101 cm³/mol. The number of H-pyrrole nitrogens is 1. The fraction of sp³-hybridized carbons (Fsp3) is 0.263. The summed E-state index contributed by atoms with van der Waals surface area (Å²) >= 11 is 0. The first-order chi connectivity index (χ1) is 11.9. The van der Waals surface area contributed by atoms with Gasteiger partial charge in [-0.25, -0.2) is 9.97 Å². The topological polar surface area (TPSA) is 77.1 Å². The normalized spacial score (nSPS) is 10.8. The highest BCUT2D eigenvalue weighted by Gasteiger charge is 2.09. The van der Waals surface area contributed by atoms with Crippen LogP contribution in [-0.4, -0.2) is 33.7 Å². The van der Waals surface area contributed by atoms with E-state index in [1.165, 1.54) is 0 Å². The first-order valence-corrected chi connectivity index (χ1v) is 8.22. The molecule has 2 aromatic heterocycles. The molecule has 0 aliphatic rings. The monoisotopic (exact) mass is 337 g/mol. The van der Waals surface area contributed by atoms with Gasteiger partial charge in [-0.05, 0) is 44.2 Å². The van der Waals surface area contributed by atoms with Crippen LogP contribution in [0, 0.1) is 13.8 Å². The Bertz CT molecular complexity index is 895. The van der Waals surface area contributed by atoms with Crippen LogP contribution in [0.4, 0.5) is 5.95 Å². The summed E-state index contributed by atoms with van der Waals surface area (Å²) in [6.45, 7) is 8.70. The van der Waals surface area contributed by atoms with E-state index in [4.69, 9.17) is 0 Å². The third kappa shape index (κ3) is 3.91. The van der Waals surface area contributed by atoms with E-state index in [9.17, 15) is 5.11 Å². The Morgan fingerprint density at radius 3 is 2.64 bits per heavy atom. The molecule has 0 fully saturated rings. The average molecular weight is 337 g/mol. The van der Waals surface area contributed by atoms with E-state index in [-0.39, 0.29) is 5.75 Å². The third-order valence-corrected chi connectivity index (χ3v) is 4.06. The molecule has 2 heterocycles. The summed E-state index contributed by atoms with van der Waals surface area (Å²) in [7, 11) is 1.90. The molecule has 3 aromatic rings. The minimum atomic E-state index is 0.277. The zero-order valence-electron chi connectivity index (χ0n) is 14.8. The number of hydrogen-bond acceptors (Lipinski definition) is 5. The van der Waals surface area contributed by atoms with E-state index >= 15 is 0 Å². The van der Waals surface area contributed by atoms with Crippen LogP contribution in [0.5, 0.6) is 5.75 Å². The number of aromatic amines is 1. The van der Waals surface area contributed by atoms with Crippen molar-refractivity contribution in [1.29, 1.82) is 0 Å². The molecule has 0 saturated heterocycles. The summed E-state index contributed by atoms with van der Waals surface area (Å²) in [5, 5.41) is 13.9. The summed E-state index contributed by atoms with van der Waals surface area (Å²) in [5.41, 5.74) is 3.99. The molecular formula is C19H23N5O. The van der Waals surface area contributed by atoms with Gasteiger partial charge in [-0.15, -0.1) is 0 Å². The maximum Gasteiger partial charge on any atom is 0.231 e. The highest BCUT2D eigenvalue weighted by Crippen LogP contribution is 2.20. The maximum absolute atomic E-state index is 9.54. The standard InChI is InChI=1S/C19H23N5O/c1-12-9-13(2)22-19(21-12)24(4)14(3)20-8-7-16-10-15-11-17(25)5-6-18(15)23-16/h5-6,9-11,20,23,25H,3,7-8H2,1-2,4H3. The van der Waals surface area contributed by atoms with E-state index in [1.807, 2.05) is 37.9 Å². The Hall–Kier alpha value is -3.02. The molecule has 0 atom stereocenters. The molecule has 25 heavy (non-hydrogen) atoms. The van der Waals surface area contributed by atoms with Crippen LogP contribution in [0.1, 0.15) is 17.1 Å². The van der Waals surface area contributed by atoms with Gasteiger partial charge in [0.15, 0.2) is 0 Å². The second kappa shape index (κ2) is 6.84. The van der Waals surface area contributed by atoms with Gasteiger partial charge in [0.1, 0.15) is 11.6 Å². The fourth-order valence-corrected chi connectivity index (χ4v) is 2.75. The Kier molecular flexibility index (Phi) is 4.61. The summed E-state index contributed by atoms with van der Waals surface area (Å²) in [6.07, 6.45) is 0.815. The maximum atomic E-state index is 9.54. The number of aryl methyl sites for hydroxylation is 2. The third-order valence-electron chi connectivity index (χ3n) is 4.06. The number of fused-ring (bicyclic) bond motifs is 1. The number of benzene rings is 1. The van der Waals surface area contributed by atoms with E-state index in [0.29, 0.717) is 5.95 Å². The molecule has 0 spiro atoms. The molecule has 6 nitrogen and oxygen atoms in total. The van der Waals surface area contributed by atoms with Gasteiger partial charge in [-0.1, -0.05) is 6.58 Å². The molecule has 1 aromatic carbocycles. The Balaban J connectivity index is 1.59. The molecule has 0 aliphatic carbocycles. The SMILES string of the molecule is C=C(NCCc1cc2cc(O)ccc2[nH]1)N(C)c1nc(C)cc(C)n1. The van der Waals surface area contributed by atoms with Gasteiger partial charge in [0.2, 0.25) is 5.95 Å². The molecule has 6 heteroatoms. The number of aromatic nitrogens is 3. The molecule has 0 saturated carbocycles. The summed E-state index contributed by atoms with van der Waals surface area (Å²) < 4.78 is 0. The zero-order chi connectivity index (χ0) is 18.0. The summed E-state index contributed by atoms with van der Waals surface area (Å²) in [5.74, 6) is 1.66. The van der Waals surface area contributed by atoms with Gasteiger partial charge in [-0.3, -0.25) is 0 Å². The van der Waals surface area contributed by atoms with Crippen molar-refractivity contribution < 1.29 is 5.11 Å². The van der Waals surface area contributed by atoms with Crippen LogP contribution in [0.15, 0.2) is 42.7 Å². The molecule has 0 aliphatic heterocycles. The molecule has 0 bridgehead atoms. The molecule has 0 amide bonds. The second-order valence-corrected chi connectivity index (χ2v) is 6.20. The lowest BCUT2D eigenvalue weighted by Gasteiger charge is -2.21. The molecule has 3 rings (SSSR count). The van der Waals surface area contributed by atoms with Gasteiger partial charge in [0.25, 0.3) is 0 Å². The molecule has 0 unspecified atom stereocenters. The van der Waals surface area contributed by atoms with Crippen molar-refractivity contribution in [3.05, 3.63) is 59.8 Å². The van der Waals surface area contributed by atoms with Crippen LogP contribution in [0.25, 0.3) is 10.9 Å². The minimum absolute atomic E-state index is 0.277. The van der Waals surface area contributed by atoms with Crippen LogP contribution in [-0.2, 0) is 6.42 Å². The van der Waals surface area contributed by atoms with E-state index in [2.05, 4.69) is 32.9 Å². The lowest BCUT2D eigenvalue weighted by atomic mass is 10.2. The van der Waals surface area contributed by atoms with Crippen LogP contribution >= 0.6 is 0 Å². The number of hydrogen-bond donors (Lipinski definition) is 3. The van der Waals surface area contributed by atoms with Crippen molar-refractivity contribution in [2.45, 2.75) is 20.3 Å². The number of phenols is 1. The predicted octanol–water partition coefficient (Wildman–Crippen LogP) is 3.02. The zero-order valence-corrected chi connectivity index (χ0v) is 14.8. The number of nitrogens with one attached hydrogen (secondary N) is 2. The van der Waals surface area contributed by atoms with Gasteiger partial charge in [0, 0.05) is 48.0 Å². The fourth-order valence-electron chi connectivity index (χ4n) is 2.75. The van der Waals surface area contributed by atoms with Crippen molar-refractivity contribution in [2.24, 2.45) is 0 Å². The summed E-state index contributed by atoms with van der Waals surface area (Å²) in [4.78, 5) is 14.1. The Morgan fingerprint density at radius 1 is 1.20 bits per heavy atom. The van der Waals surface area contributed by atoms with Gasteiger partial charge < -0.3 is 20.3 Å². The number of nitrogens with zero attached hydrogens (tertiary/aromatic N) is 3. The van der Waals surface area contributed by atoms with Crippen molar-refractivity contribution in [3.63, 3.8) is 0 Å². The quantitative estimate of drug-likeness (QED) is 0.644. The number of aromatic hydroxyl groups is 1. The Morgan fingerprint density at radius 2 is 1.92 bits per heavy atom. The van der Waals surface area contributed by atoms with Crippen molar-refractivity contribution in [3.8, 4) is 5.75 Å². The largest absolute Gasteiger partial charge is 0.508 e. The number of anilines is 1. The van der Waals surface area contributed by atoms with Crippen molar-refractivity contribution >= 4 is 16.9 Å². The number of phenolic OH excluding ortho intramolecular Hbond substituents is 1. The lowest BCUT2D eigenvalue weighted by Crippen LogP contribution is -2.30. The first kappa shape index (κ1) is 16.8. The average Bonchev–Trinajstić information content (AvgIpc) is 2.94. The van der Waals surface area contributed by atoms with E-state index in [1.54, 1.807) is 12.1 Å². The lowest BCUT2D eigenvalue weighted by molar-refractivity contribution is 0.476. The van der Waals surface area contributed by atoms with Crippen LogP contribution in [0.3, 0.4) is 0 Å². The first-order valence-electron chi connectivity index (χ1n) is 8.22. The highest BCUT2D eigenvalue weighted by atomic mass is 16.3. The van der Waals surface area contributed by atoms with Crippen LogP contribution < -0.4 is 10.2 Å². The van der Waals surface area contributed by atoms with Crippen LogP contribution in [0.2, 0.25) is 0 Å². The molecule has 130 valence electrons. The minimum Gasteiger partial charge on any atom is -0.508 e. The van der Waals surface area contributed by atoms with Gasteiger partial charge >= 0.3 is 0 Å². The molecular weight excluding hydrogens is 314 g/mol. The Labute approximate surface area is 147 Å². The van der Waals surface area contributed by atoms with E-state index < -0.39 is 0 Å².